The summed E-state index contributed by atoms with van der Waals surface area (Å²) in [4.78, 5) is 7.64. The Hall–Kier alpha value is -1.43. The molecule has 0 aliphatic heterocycles. The van der Waals surface area contributed by atoms with Gasteiger partial charge in [0.15, 0.2) is 5.13 Å². The normalized spacial score (nSPS) is 11.1. The van der Waals surface area contributed by atoms with E-state index in [0.29, 0.717) is 6.61 Å². The minimum absolute atomic E-state index is 0.0121. The molecule has 0 aliphatic carbocycles. The molecule has 21 heavy (non-hydrogen) atoms. The molecule has 0 amide bonds. The van der Waals surface area contributed by atoms with Gasteiger partial charge in [0.1, 0.15) is 0 Å². The molecular weight excluding hydrogens is 284 g/mol. The maximum Gasteiger partial charge on any atom is 0.186 e. The predicted molar refractivity (Wildman–Crippen MR) is 87.8 cm³/mol. The van der Waals surface area contributed by atoms with Crippen molar-refractivity contribution in [3.8, 4) is 11.3 Å². The largest absolute Gasteiger partial charge is 0.391 e. The standard InChI is InChI=1S/C16H22N2O2S/c1-12(2)20-10-9-18(3)16-17-15(14(11-19)21-16)13-7-5-4-6-8-13/h4-8,12,19H,9-11H2,1-3H3. The Morgan fingerprint density at radius 1 is 1.29 bits per heavy atom. The molecule has 0 saturated carbocycles. The van der Waals surface area contributed by atoms with E-state index in [2.05, 4.69) is 9.88 Å². The first-order valence-corrected chi connectivity index (χ1v) is 7.92. The van der Waals surface area contributed by atoms with E-state index < -0.39 is 0 Å². The van der Waals surface area contributed by atoms with E-state index in [1.165, 1.54) is 11.3 Å². The maximum atomic E-state index is 9.55. The third-order valence-corrected chi connectivity index (χ3v) is 4.24. The molecule has 0 saturated heterocycles. The van der Waals surface area contributed by atoms with E-state index in [1.54, 1.807) is 0 Å². The molecule has 0 unspecified atom stereocenters. The van der Waals surface area contributed by atoms with Crippen LogP contribution in [0.25, 0.3) is 11.3 Å². The number of aromatic nitrogens is 1. The van der Waals surface area contributed by atoms with Gasteiger partial charge in [-0.1, -0.05) is 41.7 Å². The zero-order valence-corrected chi connectivity index (χ0v) is 13.6. The number of nitrogens with zero attached hydrogens (tertiary/aromatic N) is 2. The summed E-state index contributed by atoms with van der Waals surface area (Å²) in [6.07, 6.45) is 0.238. The van der Waals surface area contributed by atoms with E-state index >= 15 is 0 Å². The topological polar surface area (TPSA) is 45.6 Å². The predicted octanol–water partition coefficient (Wildman–Crippen LogP) is 3.16. The van der Waals surface area contributed by atoms with Gasteiger partial charge in [0.2, 0.25) is 0 Å². The molecule has 2 rings (SSSR count). The van der Waals surface area contributed by atoms with E-state index in [1.807, 2.05) is 51.2 Å². The maximum absolute atomic E-state index is 9.55. The van der Waals surface area contributed by atoms with Crippen molar-refractivity contribution in [3.63, 3.8) is 0 Å². The first kappa shape index (κ1) is 15.9. The van der Waals surface area contributed by atoms with Crippen LogP contribution in [0, 0.1) is 0 Å². The highest BCUT2D eigenvalue weighted by atomic mass is 32.1. The summed E-state index contributed by atoms with van der Waals surface area (Å²) in [6.45, 7) is 5.52. The van der Waals surface area contributed by atoms with Gasteiger partial charge >= 0.3 is 0 Å². The molecule has 0 bridgehead atoms. The van der Waals surface area contributed by atoms with Gasteiger partial charge in [0.05, 0.1) is 29.9 Å². The van der Waals surface area contributed by atoms with Crippen LogP contribution in [0.1, 0.15) is 18.7 Å². The van der Waals surface area contributed by atoms with Crippen LogP contribution in [0.3, 0.4) is 0 Å². The lowest BCUT2D eigenvalue weighted by Gasteiger charge is -2.16. The van der Waals surface area contributed by atoms with Crippen molar-refractivity contribution < 1.29 is 9.84 Å². The quantitative estimate of drug-likeness (QED) is 0.853. The van der Waals surface area contributed by atoms with Crippen LogP contribution >= 0.6 is 11.3 Å². The Bertz CT molecular complexity index is 555. The van der Waals surface area contributed by atoms with Gasteiger partial charge in [0, 0.05) is 19.2 Å². The number of hydrogen-bond acceptors (Lipinski definition) is 5. The second-order valence-corrected chi connectivity index (χ2v) is 6.20. The first-order chi connectivity index (χ1) is 10.1. The molecule has 1 aromatic heterocycles. The van der Waals surface area contributed by atoms with E-state index in [0.717, 1.165) is 27.8 Å². The van der Waals surface area contributed by atoms with Gasteiger partial charge < -0.3 is 14.7 Å². The number of benzene rings is 1. The van der Waals surface area contributed by atoms with Gasteiger partial charge in [-0.2, -0.15) is 0 Å². The van der Waals surface area contributed by atoms with Crippen LogP contribution in [0.5, 0.6) is 0 Å². The molecule has 0 aliphatic rings. The summed E-state index contributed by atoms with van der Waals surface area (Å²) in [5.41, 5.74) is 1.91. The van der Waals surface area contributed by atoms with Crippen molar-refractivity contribution in [2.75, 3.05) is 25.1 Å². The average molecular weight is 306 g/mol. The fourth-order valence-electron chi connectivity index (χ4n) is 1.95. The van der Waals surface area contributed by atoms with Gasteiger partial charge in [-0.15, -0.1) is 0 Å². The second kappa shape index (κ2) is 7.54. The van der Waals surface area contributed by atoms with Crippen LogP contribution in [-0.2, 0) is 11.3 Å². The van der Waals surface area contributed by atoms with E-state index in [-0.39, 0.29) is 12.7 Å². The SMILES string of the molecule is CC(C)OCCN(C)c1nc(-c2ccccc2)c(CO)s1. The Morgan fingerprint density at radius 3 is 2.62 bits per heavy atom. The molecule has 0 atom stereocenters. The molecule has 2 aromatic rings. The number of ether oxygens (including phenoxy) is 1. The number of likely N-dealkylation sites (N-methyl/N-ethyl adjacent to an activating group) is 1. The Balaban J connectivity index is 2.13. The van der Waals surface area contributed by atoms with Crippen molar-refractivity contribution >= 4 is 16.5 Å². The van der Waals surface area contributed by atoms with Gasteiger partial charge in [-0.25, -0.2) is 4.98 Å². The highest BCUT2D eigenvalue weighted by molar-refractivity contribution is 7.16. The molecule has 114 valence electrons. The van der Waals surface area contributed by atoms with Crippen molar-refractivity contribution in [3.05, 3.63) is 35.2 Å². The molecule has 4 nitrogen and oxygen atoms in total. The molecule has 0 radical (unpaired) electrons. The number of aliphatic hydroxyl groups is 1. The van der Waals surface area contributed by atoms with E-state index in [9.17, 15) is 5.11 Å². The fourth-order valence-corrected chi connectivity index (χ4v) is 2.88. The van der Waals surface area contributed by atoms with Crippen molar-refractivity contribution in [1.82, 2.24) is 4.98 Å². The molecule has 1 aromatic carbocycles. The lowest BCUT2D eigenvalue weighted by atomic mass is 10.1. The smallest absolute Gasteiger partial charge is 0.186 e. The van der Waals surface area contributed by atoms with Crippen LogP contribution < -0.4 is 4.90 Å². The first-order valence-electron chi connectivity index (χ1n) is 7.10. The highest BCUT2D eigenvalue weighted by Gasteiger charge is 2.14. The zero-order valence-electron chi connectivity index (χ0n) is 12.7. The van der Waals surface area contributed by atoms with Gasteiger partial charge in [-0.3, -0.25) is 0 Å². The van der Waals surface area contributed by atoms with Crippen LogP contribution in [0.15, 0.2) is 30.3 Å². The summed E-state index contributed by atoms with van der Waals surface area (Å²) in [5.74, 6) is 0. The fraction of sp³-hybridized carbons (Fsp3) is 0.438. The zero-order chi connectivity index (χ0) is 15.2. The van der Waals surface area contributed by atoms with Crippen molar-refractivity contribution in [2.24, 2.45) is 0 Å². The Labute approximate surface area is 130 Å². The molecule has 1 heterocycles. The van der Waals surface area contributed by atoms with Crippen molar-refractivity contribution in [2.45, 2.75) is 26.6 Å². The Morgan fingerprint density at radius 2 is 2.00 bits per heavy atom. The minimum Gasteiger partial charge on any atom is -0.391 e. The summed E-state index contributed by atoms with van der Waals surface area (Å²) < 4.78 is 5.57. The number of anilines is 1. The lowest BCUT2D eigenvalue weighted by Crippen LogP contribution is -2.23. The third kappa shape index (κ3) is 4.27. The van der Waals surface area contributed by atoms with Crippen LogP contribution in [-0.4, -0.2) is 36.4 Å². The van der Waals surface area contributed by atoms with Gasteiger partial charge in [-0.05, 0) is 13.8 Å². The number of hydrogen-bond donors (Lipinski definition) is 1. The average Bonchev–Trinajstić information content (AvgIpc) is 2.92. The molecule has 5 heteroatoms. The van der Waals surface area contributed by atoms with Crippen LogP contribution in [0.2, 0.25) is 0 Å². The molecule has 1 N–H and O–H groups in total. The third-order valence-electron chi connectivity index (χ3n) is 3.08. The minimum atomic E-state index is 0.0121. The highest BCUT2D eigenvalue weighted by Crippen LogP contribution is 2.32. The Kier molecular flexibility index (Phi) is 5.73. The van der Waals surface area contributed by atoms with Gasteiger partial charge in [0.25, 0.3) is 0 Å². The second-order valence-electron chi connectivity index (χ2n) is 5.13. The summed E-state index contributed by atoms with van der Waals surface area (Å²) in [6, 6.07) is 9.97. The molecular formula is C16H22N2O2S. The monoisotopic (exact) mass is 306 g/mol. The number of rotatable bonds is 7. The molecule has 0 fully saturated rings. The number of aliphatic hydroxyl groups excluding tert-OH is 1. The van der Waals surface area contributed by atoms with Crippen molar-refractivity contribution in [1.29, 1.82) is 0 Å². The number of thiazole rings is 1. The summed E-state index contributed by atoms with van der Waals surface area (Å²) in [7, 11) is 2.00. The summed E-state index contributed by atoms with van der Waals surface area (Å²) in [5, 5.41) is 10.5. The lowest BCUT2D eigenvalue weighted by molar-refractivity contribution is 0.0846. The van der Waals surface area contributed by atoms with E-state index in [4.69, 9.17) is 4.74 Å². The van der Waals surface area contributed by atoms with Crippen LogP contribution in [0.4, 0.5) is 5.13 Å². The molecule has 0 spiro atoms. The summed E-state index contributed by atoms with van der Waals surface area (Å²) >= 11 is 1.53.